The van der Waals surface area contributed by atoms with Gasteiger partial charge in [0.25, 0.3) is 0 Å². The predicted octanol–water partition coefficient (Wildman–Crippen LogP) is 2.27. The third-order valence-electron chi connectivity index (χ3n) is 2.45. The monoisotopic (exact) mass is 173 g/mol. The fourth-order valence-corrected chi connectivity index (χ4v) is 3.11. The van der Waals surface area contributed by atoms with Crippen LogP contribution < -0.4 is 5.32 Å². The van der Waals surface area contributed by atoms with Crippen LogP contribution in [0.3, 0.4) is 0 Å². The molecule has 2 heteroatoms. The van der Waals surface area contributed by atoms with Crippen LogP contribution in [-0.2, 0) is 0 Å². The largest absolute Gasteiger partial charge is 0.316 e. The molecule has 1 nitrogen and oxygen atoms in total. The molecule has 1 N–H and O–H groups in total. The summed E-state index contributed by atoms with van der Waals surface area (Å²) >= 11 is 2.12. The van der Waals surface area contributed by atoms with E-state index >= 15 is 0 Å². The summed E-state index contributed by atoms with van der Waals surface area (Å²) in [5, 5.41) is 4.31. The van der Waals surface area contributed by atoms with Crippen molar-refractivity contribution in [3.63, 3.8) is 0 Å². The molecule has 0 amide bonds. The average Bonchev–Trinajstić information content (AvgIpc) is 2.06. The standard InChI is InChI=1S/C9H19NS/c1-3-11-9-7-5-4-6-8(9)10-2/h8-10H,3-7H2,1-2H3. The number of thioether (sulfide) groups is 1. The molecule has 0 aromatic carbocycles. The summed E-state index contributed by atoms with van der Waals surface area (Å²) in [6.07, 6.45) is 5.67. The Morgan fingerprint density at radius 3 is 2.73 bits per heavy atom. The van der Waals surface area contributed by atoms with Gasteiger partial charge in [-0.1, -0.05) is 19.8 Å². The lowest BCUT2D eigenvalue weighted by atomic mass is 9.95. The summed E-state index contributed by atoms with van der Waals surface area (Å²) in [4.78, 5) is 0. The lowest BCUT2D eigenvalue weighted by Gasteiger charge is -2.30. The topological polar surface area (TPSA) is 12.0 Å². The van der Waals surface area contributed by atoms with Crippen molar-refractivity contribution in [2.75, 3.05) is 12.8 Å². The van der Waals surface area contributed by atoms with E-state index in [0.29, 0.717) is 0 Å². The second-order valence-corrected chi connectivity index (χ2v) is 4.69. The molecule has 0 spiro atoms. The molecule has 1 rings (SSSR count). The Morgan fingerprint density at radius 1 is 1.36 bits per heavy atom. The highest BCUT2D eigenvalue weighted by atomic mass is 32.2. The Labute approximate surface area is 74.3 Å². The molecule has 2 unspecified atom stereocenters. The molecule has 66 valence electrons. The third-order valence-corrected chi connectivity index (χ3v) is 3.78. The van der Waals surface area contributed by atoms with Gasteiger partial charge in [-0.2, -0.15) is 11.8 Å². The zero-order valence-electron chi connectivity index (χ0n) is 7.60. The number of hydrogen-bond donors (Lipinski definition) is 1. The molecule has 0 aromatic rings. The van der Waals surface area contributed by atoms with Gasteiger partial charge in [0, 0.05) is 11.3 Å². The molecule has 1 aliphatic carbocycles. The van der Waals surface area contributed by atoms with Crippen LogP contribution in [0, 0.1) is 0 Å². The molecule has 0 saturated heterocycles. The minimum Gasteiger partial charge on any atom is -0.316 e. The van der Waals surface area contributed by atoms with Gasteiger partial charge in [0.2, 0.25) is 0 Å². The van der Waals surface area contributed by atoms with Gasteiger partial charge in [-0.05, 0) is 25.6 Å². The predicted molar refractivity (Wildman–Crippen MR) is 53.2 cm³/mol. The maximum absolute atomic E-state index is 3.42. The van der Waals surface area contributed by atoms with E-state index in [-0.39, 0.29) is 0 Å². The normalized spacial score (nSPS) is 32.2. The highest BCUT2D eigenvalue weighted by Crippen LogP contribution is 2.28. The number of hydrogen-bond acceptors (Lipinski definition) is 2. The van der Waals surface area contributed by atoms with E-state index in [1.165, 1.54) is 31.4 Å². The molecular formula is C9H19NS. The van der Waals surface area contributed by atoms with Crippen molar-refractivity contribution in [2.45, 2.75) is 43.9 Å². The Kier molecular flexibility index (Phi) is 4.31. The first-order valence-corrected chi connectivity index (χ1v) is 5.72. The van der Waals surface area contributed by atoms with Crippen LogP contribution >= 0.6 is 11.8 Å². The van der Waals surface area contributed by atoms with E-state index in [1.807, 2.05) is 0 Å². The zero-order valence-corrected chi connectivity index (χ0v) is 8.41. The summed E-state index contributed by atoms with van der Waals surface area (Å²) in [5.74, 6) is 1.27. The maximum Gasteiger partial charge on any atom is 0.0200 e. The first-order valence-electron chi connectivity index (χ1n) is 4.67. The van der Waals surface area contributed by atoms with Gasteiger partial charge in [0.05, 0.1) is 0 Å². The van der Waals surface area contributed by atoms with Crippen molar-refractivity contribution >= 4 is 11.8 Å². The van der Waals surface area contributed by atoms with E-state index < -0.39 is 0 Å². The van der Waals surface area contributed by atoms with Crippen molar-refractivity contribution in [1.29, 1.82) is 0 Å². The summed E-state index contributed by atoms with van der Waals surface area (Å²) in [6, 6.07) is 0.786. The van der Waals surface area contributed by atoms with Gasteiger partial charge in [-0.3, -0.25) is 0 Å². The molecular weight excluding hydrogens is 154 g/mol. The van der Waals surface area contributed by atoms with Gasteiger partial charge < -0.3 is 5.32 Å². The van der Waals surface area contributed by atoms with Crippen molar-refractivity contribution in [3.05, 3.63) is 0 Å². The van der Waals surface area contributed by atoms with Crippen LogP contribution in [0.5, 0.6) is 0 Å². The van der Waals surface area contributed by atoms with Crippen LogP contribution in [0.1, 0.15) is 32.6 Å². The minimum absolute atomic E-state index is 0.786. The Balaban J connectivity index is 2.31. The highest BCUT2D eigenvalue weighted by molar-refractivity contribution is 7.99. The SMILES string of the molecule is CCSC1CCCCC1NC. The van der Waals surface area contributed by atoms with Crippen LogP contribution in [0.25, 0.3) is 0 Å². The molecule has 1 saturated carbocycles. The number of nitrogens with one attached hydrogen (secondary N) is 1. The van der Waals surface area contributed by atoms with E-state index in [9.17, 15) is 0 Å². The number of rotatable bonds is 3. The van der Waals surface area contributed by atoms with E-state index in [0.717, 1.165) is 11.3 Å². The zero-order chi connectivity index (χ0) is 8.10. The van der Waals surface area contributed by atoms with Gasteiger partial charge in [-0.15, -0.1) is 0 Å². The molecule has 0 aromatic heterocycles. The van der Waals surface area contributed by atoms with Gasteiger partial charge in [0.1, 0.15) is 0 Å². The molecule has 0 bridgehead atoms. The Bertz CT molecular complexity index is 104. The Hall–Kier alpha value is 0.310. The second-order valence-electron chi connectivity index (χ2n) is 3.17. The summed E-state index contributed by atoms with van der Waals surface area (Å²) < 4.78 is 0. The van der Waals surface area contributed by atoms with Crippen molar-refractivity contribution in [1.82, 2.24) is 5.32 Å². The summed E-state index contributed by atoms with van der Waals surface area (Å²) in [7, 11) is 2.10. The van der Waals surface area contributed by atoms with Crippen LogP contribution in [0.4, 0.5) is 0 Å². The van der Waals surface area contributed by atoms with E-state index in [2.05, 4.69) is 31.1 Å². The molecule has 1 aliphatic rings. The summed E-state index contributed by atoms with van der Waals surface area (Å²) in [6.45, 7) is 2.26. The first kappa shape index (κ1) is 9.40. The van der Waals surface area contributed by atoms with E-state index in [4.69, 9.17) is 0 Å². The second kappa shape index (κ2) is 5.04. The maximum atomic E-state index is 3.42. The smallest absolute Gasteiger partial charge is 0.0200 e. The van der Waals surface area contributed by atoms with Gasteiger partial charge in [0.15, 0.2) is 0 Å². The van der Waals surface area contributed by atoms with Crippen molar-refractivity contribution in [3.8, 4) is 0 Å². The molecule has 0 aliphatic heterocycles. The third kappa shape index (κ3) is 2.68. The fourth-order valence-electron chi connectivity index (χ4n) is 1.84. The van der Waals surface area contributed by atoms with Crippen molar-refractivity contribution < 1.29 is 0 Å². The molecule has 0 radical (unpaired) electrons. The van der Waals surface area contributed by atoms with Crippen LogP contribution in [0.15, 0.2) is 0 Å². The fraction of sp³-hybridized carbons (Fsp3) is 1.00. The Morgan fingerprint density at radius 2 is 2.09 bits per heavy atom. The first-order chi connectivity index (χ1) is 5.38. The molecule has 11 heavy (non-hydrogen) atoms. The van der Waals surface area contributed by atoms with Crippen LogP contribution in [0.2, 0.25) is 0 Å². The minimum atomic E-state index is 0.786. The van der Waals surface area contributed by atoms with E-state index in [1.54, 1.807) is 0 Å². The molecule has 0 heterocycles. The lowest BCUT2D eigenvalue weighted by Crippen LogP contribution is -2.38. The van der Waals surface area contributed by atoms with Gasteiger partial charge in [-0.25, -0.2) is 0 Å². The molecule has 1 fully saturated rings. The lowest BCUT2D eigenvalue weighted by molar-refractivity contribution is 0.405. The average molecular weight is 173 g/mol. The van der Waals surface area contributed by atoms with Crippen molar-refractivity contribution in [2.24, 2.45) is 0 Å². The van der Waals surface area contributed by atoms with Gasteiger partial charge >= 0.3 is 0 Å². The molecule has 2 atom stereocenters. The van der Waals surface area contributed by atoms with Crippen LogP contribution in [-0.4, -0.2) is 24.1 Å². The highest BCUT2D eigenvalue weighted by Gasteiger charge is 2.22. The summed E-state index contributed by atoms with van der Waals surface area (Å²) in [5.41, 5.74) is 0. The quantitative estimate of drug-likeness (QED) is 0.702.